The summed E-state index contributed by atoms with van der Waals surface area (Å²) >= 11 is 0. The van der Waals surface area contributed by atoms with Gasteiger partial charge in [-0.25, -0.2) is 0 Å². The molecule has 0 spiro atoms. The summed E-state index contributed by atoms with van der Waals surface area (Å²) in [6, 6.07) is 48.5. The molecular formula is C80H131N6O11P. The van der Waals surface area contributed by atoms with E-state index in [0.717, 1.165) is 45.7 Å². The molecule has 3 atom stereocenters. The van der Waals surface area contributed by atoms with E-state index in [1.54, 1.807) is 13.8 Å². The van der Waals surface area contributed by atoms with Crippen LogP contribution in [-0.4, -0.2) is 142 Å². The number of aliphatic hydroxyl groups excluding tert-OH is 1. The minimum Gasteiger partial charge on any atom is -0.393 e. The molecule has 0 saturated carbocycles. The fourth-order valence-corrected chi connectivity index (χ4v) is 16.2. The highest BCUT2D eigenvalue weighted by Gasteiger charge is 2.51. The summed E-state index contributed by atoms with van der Waals surface area (Å²) in [4.78, 5) is 11.3. The fourth-order valence-electron chi connectivity index (χ4n) is 13.5. The van der Waals surface area contributed by atoms with Crippen LogP contribution in [-0.2, 0) is 23.9 Å². The molecule has 5 aromatic rings. The maximum Gasteiger partial charge on any atom is 0.350 e. The van der Waals surface area contributed by atoms with Gasteiger partial charge in [-0.1, -0.05) is 172 Å². The van der Waals surface area contributed by atoms with E-state index in [1.165, 1.54) is 37.3 Å². The second-order valence-corrected chi connectivity index (χ2v) is 35.8. The van der Waals surface area contributed by atoms with Crippen LogP contribution in [0.15, 0.2) is 146 Å². The molecule has 0 amide bonds. The molecule has 2 unspecified atom stereocenters. The van der Waals surface area contributed by atoms with E-state index in [9.17, 15) is 45.7 Å². The van der Waals surface area contributed by atoms with Crippen LogP contribution in [0.3, 0.4) is 0 Å². The minimum atomic E-state index is -3.43. The number of hydrogen-bond donors (Lipinski definition) is 7. The zero-order chi connectivity index (χ0) is 75.1. The van der Waals surface area contributed by atoms with Crippen LogP contribution in [0.2, 0.25) is 0 Å². The smallest absolute Gasteiger partial charge is 0.350 e. The lowest BCUT2D eigenvalue weighted by molar-refractivity contribution is -0.257. The highest BCUT2D eigenvalue weighted by Crippen LogP contribution is 2.60. The quantitative estimate of drug-likeness (QED) is 0.0407. The molecule has 98 heavy (non-hydrogen) atoms. The number of aliphatic hydroxyl groups is 1. The van der Waals surface area contributed by atoms with Crippen molar-refractivity contribution < 1.29 is 54.8 Å². The summed E-state index contributed by atoms with van der Waals surface area (Å²) in [6.07, 6.45) is 5.25. The zero-order valence-electron chi connectivity index (χ0n) is 64.9. The Morgan fingerprint density at radius 1 is 0.490 bits per heavy atom. The summed E-state index contributed by atoms with van der Waals surface area (Å²) in [5.74, 6) is -0.491. The first kappa shape index (κ1) is 87.6. The number of benzene rings is 5. The topological polar surface area (TPSA) is 214 Å². The molecule has 552 valence electrons. The van der Waals surface area contributed by atoms with Crippen molar-refractivity contribution >= 4 is 13.4 Å². The maximum atomic E-state index is 13.0. The minimum absolute atomic E-state index is 0.0399. The number of hydroxylamine groups is 12. The average molecular weight is 1380 g/mol. The first-order valence-electron chi connectivity index (χ1n) is 35.1. The Morgan fingerprint density at radius 2 is 0.816 bits per heavy atom. The molecule has 3 aliphatic rings. The third-order valence-electron chi connectivity index (χ3n) is 18.6. The van der Waals surface area contributed by atoms with Gasteiger partial charge in [0.05, 0.1) is 36.9 Å². The van der Waals surface area contributed by atoms with Crippen molar-refractivity contribution in [3.8, 4) is 0 Å². The van der Waals surface area contributed by atoms with Crippen molar-refractivity contribution in [1.29, 1.82) is 0 Å². The summed E-state index contributed by atoms with van der Waals surface area (Å²) < 4.78 is 23.8. The van der Waals surface area contributed by atoms with E-state index in [2.05, 4.69) is 102 Å². The Balaban J connectivity index is 0.000000313. The Kier molecular flexibility index (Phi) is 31.8. The third kappa shape index (κ3) is 24.3. The molecule has 0 bridgehead atoms. The molecule has 3 aliphatic heterocycles. The van der Waals surface area contributed by atoms with E-state index >= 15 is 0 Å². The lowest BCUT2D eigenvalue weighted by Gasteiger charge is -2.50. The third-order valence-corrected chi connectivity index (χ3v) is 21.4. The maximum absolute atomic E-state index is 13.0. The van der Waals surface area contributed by atoms with E-state index < -0.39 is 40.9 Å². The zero-order valence-corrected chi connectivity index (χ0v) is 65.8. The van der Waals surface area contributed by atoms with Gasteiger partial charge in [0.2, 0.25) is 0 Å². The molecular weight excluding hydrogens is 1250 g/mol. The summed E-state index contributed by atoms with van der Waals surface area (Å²) in [7, 11) is -3.43. The van der Waals surface area contributed by atoms with Gasteiger partial charge in [0.15, 0.2) is 0 Å². The number of nitrogens with zero attached hydrogens (tertiary/aromatic N) is 6. The van der Waals surface area contributed by atoms with E-state index in [0.29, 0.717) is 25.7 Å². The van der Waals surface area contributed by atoms with Crippen LogP contribution in [0, 0.1) is 12.3 Å². The molecule has 8 rings (SSSR count). The summed E-state index contributed by atoms with van der Waals surface area (Å²) in [5, 5.41) is 79.5. The van der Waals surface area contributed by atoms with Crippen molar-refractivity contribution in [3.05, 3.63) is 179 Å². The molecule has 3 fully saturated rings. The van der Waals surface area contributed by atoms with Gasteiger partial charge in [0.25, 0.3) is 0 Å². The number of ketones is 1. The lowest BCUT2D eigenvalue weighted by atomic mass is 9.80. The second-order valence-electron chi connectivity index (χ2n) is 33.7. The monoisotopic (exact) mass is 1380 g/mol. The molecule has 3 saturated heterocycles. The Labute approximate surface area is 592 Å². The van der Waals surface area contributed by atoms with E-state index in [1.807, 2.05) is 210 Å². The van der Waals surface area contributed by atoms with Gasteiger partial charge in [0.1, 0.15) is 11.6 Å². The van der Waals surface area contributed by atoms with Gasteiger partial charge >= 0.3 is 7.60 Å². The van der Waals surface area contributed by atoms with Crippen LogP contribution in [0.1, 0.15) is 264 Å². The predicted octanol–water partition coefficient (Wildman–Crippen LogP) is 19.5. The largest absolute Gasteiger partial charge is 0.393 e. The van der Waals surface area contributed by atoms with E-state index in [-0.39, 0.29) is 64.9 Å². The Hall–Kier alpha value is -4.60. The van der Waals surface area contributed by atoms with Crippen LogP contribution < -0.4 is 0 Å². The molecule has 7 N–H and O–H groups in total. The van der Waals surface area contributed by atoms with Crippen molar-refractivity contribution in [1.82, 2.24) is 30.4 Å². The molecule has 0 aromatic heterocycles. The number of Topliss-reactive ketones (excluding diaryl/α,β-unsaturated/α-hetero) is 1. The fraction of sp³-hybridized carbons (Fsp3) is 0.613. The van der Waals surface area contributed by atoms with Crippen molar-refractivity contribution in [2.75, 3.05) is 13.2 Å². The first-order chi connectivity index (χ1) is 44.8. The Bertz CT molecular complexity index is 3080. The van der Waals surface area contributed by atoms with Gasteiger partial charge in [-0.2, -0.15) is 30.4 Å². The van der Waals surface area contributed by atoms with Gasteiger partial charge in [-0.05, 0) is 225 Å². The Morgan fingerprint density at radius 3 is 1.15 bits per heavy atom. The number of carbonyl (C=O) groups excluding carboxylic acids is 1. The van der Waals surface area contributed by atoms with E-state index in [4.69, 9.17) is 9.05 Å². The van der Waals surface area contributed by atoms with Crippen LogP contribution in [0.4, 0.5) is 0 Å². The van der Waals surface area contributed by atoms with Crippen molar-refractivity contribution in [3.63, 3.8) is 0 Å². The molecule has 3 heterocycles. The van der Waals surface area contributed by atoms with Gasteiger partial charge in [0, 0.05) is 57.2 Å². The lowest BCUT2D eigenvalue weighted by Crippen LogP contribution is -2.60. The second kappa shape index (κ2) is 35.5. The summed E-state index contributed by atoms with van der Waals surface area (Å²) in [6.45, 7) is 51.3. The van der Waals surface area contributed by atoms with Gasteiger partial charge in [-0.3, -0.25) is 9.36 Å². The first-order valence-corrected chi connectivity index (χ1v) is 36.7. The SMILES string of the molecule is CC(c1ccccc1)N(O)C(C)(c1ccccc1)c1ccccc1.CC1(C)CC(=O)CC(C)(C)N1O.CC1(C)CC(O)CC(C)(C)N1O.CC1(C)CCCC(C)(C)N1O.CCOP(=O)(OCC)C(N(O)C(C)(C)C)C(C)(C)C.Cc1ccc([C@@H](c2ccccc2)N(O)C(C)(C)C)cc1. The van der Waals surface area contributed by atoms with Crippen molar-refractivity contribution in [2.45, 2.75) is 299 Å². The van der Waals surface area contributed by atoms with Crippen LogP contribution in [0.5, 0.6) is 0 Å². The number of hydrogen-bond acceptors (Lipinski definition) is 17. The average Bonchev–Trinajstić information content (AvgIpc) is 0.788. The van der Waals surface area contributed by atoms with Crippen LogP contribution in [0.25, 0.3) is 0 Å². The predicted molar refractivity (Wildman–Crippen MR) is 397 cm³/mol. The standard InChI is InChI=1S/C22H23NO.C18H23NO.C13H30NO4P.C9H19NO2.C9H17NO2.C9H19NO/c1-18(19-12-6-3-7-13-19)23(24)22(2,20-14-8-4-9-15-20)21-16-10-5-11-17-21;1-14-10-12-16(13-11-14)17(19(20)18(2,3)4)15-8-6-5-7-9-15;1-9-17-19(16,18-10-2)11(12(3,4)5)14(15)13(6,7)8;2*1-8(2)5-7(11)6-9(3,4)10(8)12;1-8(2)6-5-7-9(3,4)10(8)11/h3-18,24H,1-2H3;5-13,17,20H,1-4H3;11,15H,9-10H2,1-8H3;7,11-12H,5-6H2,1-4H3;12H,5-6H2,1-4H3;11H,5-7H2,1-4H3/t;17-;;;;/m.1..../s1. The van der Waals surface area contributed by atoms with Crippen LogP contribution >= 0.6 is 7.60 Å². The molecule has 0 radical (unpaired) electrons. The molecule has 0 aliphatic carbocycles. The number of aryl methyl sites for hydroxylation is 1. The normalized spacial score (nSPS) is 19.7. The summed E-state index contributed by atoms with van der Waals surface area (Å²) in [5.41, 5.74) is 3.07. The number of carbonyl (C=O) groups is 1. The number of piperidine rings is 3. The van der Waals surface area contributed by atoms with Crippen molar-refractivity contribution in [2.24, 2.45) is 5.41 Å². The molecule has 5 aromatic carbocycles. The molecule has 17 nitrogen and oxygen atoms in total. The highest BCUT2D eigenvalue weighted by atomic mass is 31.2. The number of rotatable bonds is 14. The van der Waals surface area contributed by atoms with Gasteiger partial charge in [-0.15, -0.1) is 0 Å². The molecule has 18 heteroatoms. The van der Waals surface area contributed by atoms with Gasteiger partial charge < -0.3 is 45.4 Å². The highest BCUT2D eigenvalue weighted by molar-refractivity contribution is 7.54.